The minimum absolute atomic E-state index is 0.109. The van der Waals surface area contributed by atoms with Gasteiger partial charge >= 0.3 is 0 Å². The third kappa shape index (κ3) is 2.51. The summed E-state index contributed by atoms with van der Waals surface area (Å²) < 4.78 is 0. The standard InChI is InChI=1S/C15H16N2O/c1-10-5-3-8-14(11(10)2)15(18)17-13-7-4-6-12(16)9-13/h3-9H,16H2,1-2H3,(H,17,18). The Morgan fingerprint density at radius 3 is 2.56 bits per heavy atom. The fourth-order valence-corrected chi connectivity index (χ4v) is 1.81. The molecule has 0 atom stereocenters. The Balaban J connectivity index is 2.25. The highest BCUT2D eigenvalue weighted by Gasteiger charge is 2.10. The lowest BCUT2D eigenvalue weighted by Crippen LogP contribution is -2.13. The molecular formula is C15H16N2O. The van der Waals surface area contributed by atoms with Crippen LogP contribution in [0.3, 0.4) is 0 Å². The van der Waals surface area contributed by atoms with Crippen LogP contribution in [0.4, 0.5) is 11.4 Å². The van der Waals surface area contributed by atoms with Crippen LogP contribution in [-0.4, -0.2) is 5.91 Å². The van der Waals surface area contributed by atoms with E-state index in [2.05, 4.69) is 5.32 Å². The van der Waals surface area contributed by atoms with Crippen LogP contribution in [0.15, 0.2) is 42.5 Å². The van der Waals surface area contributed by atoms with Gasteiger partial charge in [0.2, 0.25) is 0 Å². The summed E-state index contributed by atoms with van der Waals surface area (Å²) in [5.74, 6) is -0.109. The number of carbonyl (C=O) groups is 1. The second-order valence-corrected chi connectivity index (χ2v) is 4.33. The summed E-state index contributed by atoms with van der Waals surface area (Å²) in [6, 6.07) is 12.9. The summed E-state index contributed by atoms with van der Waals surface area (Å²) in [4.78, 5) is 12.1. The highest BCUT2D eigenvalue weighted by atomic mass is 16.1. The zero-order valence-electron chi connectivity index (χ0n) is 10.5. The number of hydrogen-bond donors (Lipinski definition) is 2. The number of amides is 1. The molecule has 3 nitrogen and oxygen atoms in total. The molecule has 1 amide bonds. The van der Waals surface area contributed by atoms with Crippen LogP contribution in [0.5, 0.6) is 0 Å². The van der Waals surface area contributed by atoms with Crippen molar-refractivity contribution in [1.29, 1.82) is 0 Å². The lowest BCUT2D eigenvalue weighted by Gasteiger charge is -2.09. The van der Waals surface area contributed by atoms with Crippen molar-refractivity contribution in [2.75, 3.05) is 11.1 Å². The number of rotatable bonds is 2. The lowest BCUT2D eigenvalue weighted by molar-refractivity contribution is 0.102. The third-order valence-corrected chi connectivity index (χ3v) is 2.99. The number of benzene rings is 2. The summed E-state index contributed by atoms with van der Waals surface area (Å²) in [7, 11) is 0. The molecule has 0 aliphatic rings. The number of aryl methyl sites for hydroxylation is 1. The van der Waals surface area contributed by atoms with E-state index in [1.54, 1.807) is 12.1 Å². The first-order chi connectivity index (χ1) is 8.58. The molecule has 18 heavy (non-hydrogen) atoms. The largest absolute Gasteiger partial charge is 0.399 e. The highest BCUT2D eigenvalue weighted by molar-refractivity contribution is 6.05. The fraction of sp³-hybridized carbons (Fsp3) is 0.133. The molecule has 0 spiro atoms. The molecule has 2 aromatic carbocycles. The highest BCUT2D eigenvalue weighted by Crippen LogP contribution is 2.16. The maximum absolute atomic E-state index is 12.1. The van der Waals surface area contributed by atoms with E-state index >= 15 is 0 Å². The maximum Gasteiger partial charge on any atom is 0.255 e. The average Bonchev–Trinajstić information content (AvgIpc) is 2.32. The smallest absolute Gasteiger partial charge is 0.255 e. The van der Waals surface area contributed by atoms with Crippen molar-refractivity contribution >= 4 is 17.3 Å². The molecule has 2 rings (SSSR count). The Bertz CT molecular complexity index is 591. The number of carbonyl (C=O) groups excluding carboxylic acids is 1. The van der Waals surface area contributed by atoms with Gasteiger partial charge in [0.25, 0.3) is 5.91 Å². The molecule has 0 heterocycles. The molecule has 2 aromatic rings. The van der Waals surface area contributed by atoms with Crippen molar-refractivity contribution in [3.63, 3.8) is 0 Å². The third-order valence-electron chi connectivity index (χ3n) is 2.99. The van der Waals surface area contributed by atoms with Crippen LogP contribution in [0, 0.1) is 13.8 Å². The number of nitrogens with two attached hydrogens (primary N) is 1. The molecule has 0 fully saturated rings. The van der Waals surface area contributed by atoms with Crippen molar-refractivity contribution in [3.8, 4) is 0 Å². The van der Waals surface area contributed by atoms with Gasteiger partial charge in [0, 0.05) is 16.9 Å². The predicted molar refractivity (Wildman–Crippen MR) is 74.7 cm³/mol. The van der Waals surface area contributed by atoms with Crippen molar-refractivity contribution in [2.45, 2.75) is 13.8 Å². The average molecular weight is 240 g/mol. The van der Waals surface area contributed by atoms with E-state index < -0.39 is 0 Å². The minimum Gasteiger partial charge on any atom is -0.399 e. The van der Waals surface area contributed by atoms with Gasteiger partial charge in [-0.1, -0.05) is 18.2 Å². The van der Waals surface area contributed by atoms with Gasteiger partial charge in [-0.2, -0.15) is 0 Å². The summed E-state index contributed by atoms with van der Waals surface area (Å²) in [5.41, 5.74) is 9.82. The molecule has 0 saturated carbocycles. The van der Waals surface area contributed by atoms with Crippen LogP contribution in [-0.2, 0) is 0 Å². The van der Waals surface area contributed by atoms with E-state index in [4.69, 9.17) is 5.73 Å². The van der Waals surface area contributed by atoms with Gasteiger partial charge in [-0.3, -0.25) is 4.79 Å². The SMILES string of the molecule is Cc1cccc(C(=O)Nc2cccc(N)c2)c1C. The number of anilines is 2. The molecule has 0 aromatic heterocycles. The van der Waals surface area contributed by atoms with Crippen LogP contribution in [0.1, 0.15) is 21.5 Å². The van der Waals surface area contributed by atoms with E-state index in [1.807, 2.05) is 44.2 Å². The second-order valence-electron chi connectivity index (χ2n) is 4.33. The van der Waals surface area contributed by atoms with Gasteiger partial charge in [0.15, 0.2) is 0 Å². The number of hydrogen-bond acceptors (Lipinski definition) is 2. The first kappa shape index (κ1) is 12.2. The second kappa shape index (κ2) is 4.92. The Labute approximate surface area is 107 Å². The Kier molecular flexibility index (Phi) is 3.33. The molecule has 3 heteroatoms. The predicted octanol–water partition coefficient (Wildman–Crippen LogP) is 3.14. The molecule has 92 valence electrons. The van der Waals surface area contributed by atoms with Crippen molar-refractivity contribution in [2.24, 2.45) is 0 Å². The van der Waals surface area contributed by atoms with Crippen LogP contribution in [0.2, 0.25) is 0 Å². The fourth-order valence-electron chi connectivity index (χ4n) is 1.81. The Hall–Kier alpha value is -2.29. The van der Waals surface area contributed by atoms with Gasteiger partial charge in [-0.15, -0.1) is 0 Å². The van der Waals surface area contributed by atoms with E-state index in [9.17, 15) is 4.79 Å². The zero-order valence-corrected chi connectivity index (χ0v) is 10.5. The Morgan fingerprint density at radius 1 is 1.11 bits per heavy atom. The summed E-state index contributed by atoms with van der Waals surface area (Å²) in [5, 5.41) is 2.85. The van der Waals surface area contributed by atoms with E-state index in [0.717, 1.165) is 11.1 Å². The van der Waals surface area contributed by atoms with Gasteiger partial charge < -0.3 is 11.1 Å². The minimum atomic E-state index is -0.109. The van der Waals surface area contributed by atoms with Gasteiger partial charge in [-0.25, -0.2) is 0 Å². The molecule has 0 aliphatic heterocycles. The summed E-state index contributed by atoms with van der Waals surface area (Å²) in [6.07, 6.45) is 0. The van der Waals surface area contributed by atoms with Crippen LogP contribution in [0.25, 0.3) is 0 Å². The quantitative estimate of drug-likeness (QED) is 0.792. The zero-order chi connectivity index (χ0) is 13.1. The van der Waals surface area contributed by atoms with Crippen molar-refractivity contribution in [3.05, 3.63) is 59.2 Å². The van der Waals surface area contributed by atoms with E-state index in [0.29, 0.717) is 16.9 Å². The van der Waals surface area contributed by atoms with Crippen LogP contribution < -0.4 is 11.1 Å². The van der Waals surface area contributed by atoms with Crippen molar-refractivity contribution < 1.29 is 4.79 Å². The first-order valence-corrected chi connectivity index (χ1v) is 5.81. The Morgan fingerprint density at radius 2 is 1.83 bits per heavy atom. The summed E-state index contributed by atoms with van der Waals surface area (Å²) >= 11 is 0. The van der Waals surface area contributed by atoms with Gasteiger partial charge in [-0.05, 0) is 49.2 Å². The molecule has 0 unspecified atom stereocenters. The van der Waals surface area contributed by atoms with E-state index in [-0.39, 0.29) is 5.91 Å². The van der Waals surface area contributed by atoms with Gasteiger partial charge in [0.1, 0.15) is 0 Å². The van der Waals surface area contributed by atoms with E-state index in [1.165, 1.54) is 0 Å². The monoisotopic (exact) mass is 240 g/mol. The molecular weight excluding hydrogens is 224 g/mol. The number of nitrogens with one attached hydrogen (secondary N) is 1. The topological polar surface area (TPSA) is 55.1 Å². The molecule has 0 aliphatic carbocycles. The lowest BCUT2D eigenvalue weighted by atomic mass is 10.0. The maximum atomic E-state index is 12.1. The molecule has 3 N–H and O–H groups in total. The normalized spacial score (nSPS) is 10.1. The van der Waals surface area contributed by atoms with Crippen LogP contribution >= 0.6 is 0 Å². The summed E-state index contributed by atoms with van der Waals surface area (Å²) in [6.45, 7) is 3.94. The molecule has 0 radical (unpaired) electrons. The molecule has 0 saturated heterocycles. The van der Waals surface area contributed by atoms with Gasteiger partial charge in [0.05, 0.1) is 0 Å². The number of nitrogen functional groups attached to an aromatic ring is 1. The van der Waals surface area contributed by atoms with Crippen molar-refractivity contribution in [1.82, 2.24) is 0 Å². The molecule has 0 bridgehead atoms. The first-order valence-electron chi connectivity index (χ1n) is 5.81.